The van der Waals surface area contributed by atoms with E-state index >= 15 is 0 Å². The smallest absolute Gasteiger partial charge is 0.341 e. The number of methoxy groups -OCH3 is 1. The Labute approximate surface area is 114 Å². The highest BCUT2D eigenvalue weighted by atomic mass is 16.5. The van der Waals surface area contributed by atoms with Gasteiger partial charge in [0.2, 0.25) is 0 Å². The predicted molar refractivity (Wildman–Crippen MR) is 68.7 cm³/mol. The van der Waals surface area contributed by atoms with Crippen molar-refractivity contribution < 1.29 is 19.2 Å². The lowest BCUT2D eigenvalue weighted by Crippen LogP contribution is -2.19. The second-order valence-corrected chi connectivity index (χ2v) is 4.34. The Morgan fingerprint density at radius 3 is 2.90 bits per heavy atom. The fraction of sp³-hybridized carbons (Fsp3) is 0.308. The van der Waals surface area contributed by atoms with Crippen LogP contribution in [-0.2, 0) is 17.9 Å². The molecule has 0 aliphatic rings. The number of ether oxygens (including phenoxy) is 1. The normalized spacial score (nSPS) is 10.7. The fourth-order valence-electron chi connectivity index (χ4n) is 1.82. The molecule has 0 saturated carbocycles. The first kappa shape index (κ1) is 14.0. The van der Waals surface area contributed by atoms with Crippen LogP contribution in [0.5, 0.6) is 0 Å². The Hall–Kier alpha value is -2.41. The molecule has 0 aliphatic heterocycles. The summed E-state index contributed by atoms with van der Waals surface area (Å²) in [6.45, 7) is 2.36. The minimum Gasteiger partial charge on any atom is -0.477 e. The molecule has 0 aliphatic carbocycles. The van der Waals surface area contributed by atoms with E-state index in [1.807, 2.05) is 0 Å². The Bertz CT molecular complexity index is 686. The van der Waals surface area contributed by atoms with Crippen LogP contribution in [0, 0.1) is 6.92 Å². The Morgan fingerprint density at radius 2 is 2.25 bits per heavy atom. The van der Waals surface area contributed by atoms with Crippen molar-refractivity contribution in [3.63, 3.8) is 0 Å². The van der Waals surface area contributed by atoms with E-state index in [0.717, 1.165) is 0 Å². The lowest BCUT2D eigenvalue weighted by Gasteiger charge is -2.09. The lowest BCUT2D eigenvalue weighted by molar-refractivity contribution is 0.0694. The van der Waals surface area contributed by atoms with Gasteiger partial charge in [0.25, 0.3) is 0 Å². The van der Waals surface area contributed by atoms with Crippen LogP contribution in [0.25, 0.3) is 0 Å². The largest absolute Gasteiger partial charge is 0.477 e. The number of carbonyl (C=O) groups is 1. The molecule has 7 nitrogen and oxygen atoms in total. The van der Waals surface area contributed by atoms with Crippen LogP contribution in [0.2, 0.25) is 0 Å². The van der Waals surface area contributed by atoms with Crippen molar-refractivity contribution >= 4 is 5.97 Å². The third-order valence-corrected chi connectivity index (χ3v) is 2.80. The SMILES string of the molecule is COCc1cc(Cn2cc(C(=O)O)c(=O)cc2C)no1. The molecule has 7 heteroatoms. The quantitative estimate of drug-likeness (QED) is 0.878. The van der Waals surface area contributed by atoms with Crippen molar-refractivity contribution in [3.8, 4) is 0 Å². The van der Waals surface area contributed by atoms with Crippen LogP contribution in [0.15, 0.2) is 27.6 Å². The van der Waals surface area contributed by atoms with Crippen LogP contribution in [0.4, 0.5) is 0 Å². The number of pyridine rings is 1. The van der Waals surface area contributed by atoms with Crippen LogP contribution in [0.3, 0.4) is 0 Å². The van der Waals surface area contributed by atoms with Gasteiger partial charge in [0.1, 0.15) is 17.9 Å². The molecule has 0 amide bonds. The summed E-state index contributed by atoms with van der Waals surface area (Å²) in [5, 5.41) is 12.8. The number of aryl methyl sites for hydroxylation is 1. The molecular weight excluding hydrogens is 264 g/mol. The van der Waals surface area contributed by atoms with Crippen LogP contribution >= 0.6 is 0 Å². The van der Waals surface area contributed by atoms with Gasteiger partial charge in [-0.15, -0.1) is 0 Å². The van der Waals surface area contributed by atoms with Gasteiger partial charge >= 0.3 is 5.97 Å². The van der Waals surface area contributed by atoms with Crippen LogP contribution in [0.1, 0.15) is 27.5 Å². The van der Waals surface area contributed by atoms with Crippen molar-refractivity contribution in [3.05, 3.63) is 51.3 Å². The van der Waals surface area contributed by atoms with Gasteiger partial charge in [-0.1, -0.05) is 5.16 Å². The third kappa shape index (κ3) is 2.94. The standard InChI is InChI=1S/C13H14N2O5/c1-8-3-12(16)11(13(17)18)6-15(8)5-9-4-10(7-19-2)20-14-9/h3-4,6H,5,7H2,1-2H3,(H,17,18). The summed E-state index contributed by atoms with van der Waals surface area (Å²) >= 11 is 0. The maximum Gasteiger partial charge on any atom is 0.341 e. The van der Waals surface area contributed by atoms with Gasteiger partial charge in [0.05, 0.1) is 6.54 Å². The average Bonchev–Trinajstić information content (AvgIpc) is 2.80. The van der Waals surface area contributed by atoms with Gasteiger partial charge in [-0.3, -0.25) is 4.79 Å². The summed E-state index contributed by atoms with van der Waals surface area (Å²) in [6.07, 6.45) is 1.31. The highest BCUT2D eigenvalue weighted by Gasteiger charge is 2.12. The molecular formula is C13H14N2O5. The Kier molecular flexibility index (Phi) is 3.99. The molecule has 0 atom stereocenters. The number of carboxylic acid groups (broad SMARTS) is 1. The van der Waals surface area contributed by atoms with E-state index in [1.54, 1.807) is 24.7 Å². The summed E-state index contributed by atoms with van der Waals surface area (Å²) < 4.78 is 11.6. The second kappa shape index (κ2) is 5.70. The van der Waals surface area contributed by atoms with E-state index in [1.165, 1.54) is 12.3 Å². The molecule has 106 valence electrons. The zero-order valence-corrected chi connectivity index (χ0v) is 11.1. The Balaban J connectivity index is 2.30. The van der Waals surface area contributed by atoms with Crippen LogP contribution in [-0.4, -0.2) is 27.9 Å². The number of aromatic nitrogens is 2. The molecule has 0 aromatic carbocycles. The first-order valence-corrected chi connectivity index (χ1v) is 5.89. The average molecular weight is 278 g/mol. The van der Waals surface area contributed by atoms with E-state index in [0.29, 0.717) is 30.3 Å². The highest BCUT2D eigenvalue weighted by Crippen LogP contribution is 2.08. The van der Waals surface area contributed by atoms with E-state index in [4.69, 9.17) is 14.4 Å². The third-order valence-electron chi connectivity index (χ3n) is 2.80. The number of hydrogen-bond donors (Lipinski definition) is 1. The minimum atomic E-state index is -1.25. The first-order valence-electron chi connectivity index (χ1n) is 5.89. The van der Waals surface area contributed by atoms with Crippen molar-refractivity contribution in [1.29, 1.82) is 0 Å². The van der Waals surface area contributed by atoms with Gasteiger partial charge in [0.15, 0.2) is 11.2 Å². The van der Waals surface area contributed by atoms with Crippen molar-refractivity contribution in [1.82, 2.24) is 9.72 Å². The number of aromatic carboxylic acids is 1. The highest BCUT2D eigenvalue weighted by molar-refractivity contribution is 5.87. The monoisotopic (exact) mass is 278 g/mol. The van der Waals surface area contributed by atoms with E-state index in [2.05, 4.69) is 5.16 Å². The maximum absolute atomic E-state index is 11.5. The molecule has 1 N–H and O–H groups in total. The Morgan fingerprint density at radius 1 is 1.50 bits per heavy atom. The van der Waals surface area contributed by atoms with E-state index in [9.17, 15) is 9.59 Å². The molecule has 0 radical (unpaired) electrons. The number of hydrogen-bond acceptors (Lipinski definition) is 5. The number of nitrogens with zero attached hydrogens (tertiary/aromatic N) is 2. The molecule has 0 spiro atoms. The summed E-state index contributed by atoms with van der Waals surface area (Å²) in [5.41, 5.74) is 0.499. The molecule has 2 aromatic heterocycles. The summed E-state index contributed by atoms with van der Waals surface area (Å²) in [4.78, 5) is 22.5. The molecule has 20 heavy (non-hydrogen) atoms. The lowest BCUT2D eigenvalue weighted by atomic mass is 10.2. The molecule has 0 bridgehead atoms. The van der Waals surface area contributed by atoms with Gasteiger partial charge < -0.3 is 18.9 Å². The predicted octanol–water partition coefficient (Wildman–Crippen LogP) is 1.04. The maximum atomic E-state index is 11.5. The van der Waals surface area contributed by atoms with Crippen molar-refractivity contribution in [2.24, 2.45) is 0 Å². The second-order valence-electron chi connectivity index (χ2n) is 4.34. The van der Waals surface area contributed by atoms with Crippen molar-refractivity contribution in [2.75, 3.05) is 7.11 Å². The molecule has 2 aromatic rings. The summed E-state index contributed by atoms with van der Waals surface area (Å²) in [6, 6.07) is 3.01. The molecule has 2 heterocycles. The fourth-order valence-corrected chi connectivity index (χ4v) is 1.82. The number of rotatable bonds is 5. The summed E-state index contributed by atoms with van der Waals surface area (Å²) in [7, 11) is 1.55. The van der Waals surface area contributed by atoms with Gasteiger partial charge in [0, 0.05) is 31.1 Å². The van der Waals surface area contributed by atoms with E-state index in [-0.39, 0.29) is 5.56 Å². The topological polar surface area (TPSA) is 94.6 Å². The molecule has 2 rings (SSSR count). The minimum absolute atomic E-state index is 0.267. The zero-order chi connectivity index (χ0) is 14.7. The van der Waals surface area contributed by atoms with Crippen LogP contribution < -0.4 is 5.43 Å². The number of carboxylic acids is 1. The van der Waals surface area contributed by atoms with Gasteiger partial charge in [-0.25, -0.2) is 4.79 Å². The van der Waals surface area contributed by atoms with Gasteiger partial charge in [-0.05, 0) is 6.92 Å². The first-order chi connectivity index (χ1) is 9.51. The molecule has 0 fully saturated rings. The molecule has 0 saturated heterocycles. The zero-order valence-electron chi connectivity index (χ0n) is 11.1. The molecule has 0 unspecified atom stereocenters. The van der Waals surface area contributed by atoms with Crippen molar-refractivity contribution in [2.45, 2.75) is 20.1 Å². The van der Waals surface area contributed by atoms with E-state index < -0.39 is 11.4 Å². The van der Waals surface area contributed by atoms with Gasteiger partial charge in [-0.2, -0.15) is 0 Å². The summed E-state index contributed by atoms with van der Waals surface area (Å²) in [5.74, 6) is -0.663.